The summed E-state index contributed by atoms with van der Waals surface area (Å²) in [5.74, 6) is 0.136. The molecule has 0 fully saturated rings. The Morgan fingerprint density at radius 2 is 1.94 bits per heavy atom. The van der Waals surface area contributed by atoms with E-state index in [0.717, 1.165) is 11.6 Å². The van der Waals surface area contributed by atoms with Gasteiger partial charge in [-0.3, -0.25) is 14.9 Å². The van der Waals surface area contributed by atoms with Crippen LogP contribution >= 0.6 is 23.2 Å². The van der Waals surface area contributed by atoms with E-state index in [1.54, 1.807) is 30.3 Å². The van der Waals surface area contributed by atoms with Crippen molar-refractivity contribution in [2.75, 3.05) is 12.4 Å². The highest BCUT2D eigenvalue weighted by Gasteiger charge is 2.16. The molecule has 34 heavy (non-hydrogen) atoms. The van der Waals surface area contributed by atoms with Gasteiger partial charge in [-0.05, 0) is 53.6 Å². The van der Waals surface area contributed by atoms with Crippen LogP contribution in [-0.4, -0.2) is 17.9 Å². The molecule has 0 aliphatic carbocycles. The Kier molecular flexibility index (Phi) is 8.09. The summed E-state index contributed by atoms with van der Waals surface area (Å²) >= 11 is 11.8. The van der Waals surface area contributed by atoms with Gasteiger partial charge < -0.3 is 14.8 Å². The van der Waals surface area contributed by atoms with Crippen LogP contribution in [0, 0.1) is 21.4 Å². The zero-order chi connectivity index (χ0) is 24.7. The molecule has 0 heterocycles. The highest BCUT2D eigenvalue weighted by Crippen LogP contribution is 2.30. The number of nitro groups is 1. The standard InChI is InChI=1S/C24H17Cl2N3O5/c1-33-23-11-15(5-8-22(23)34-14-16-3-2-4-18(25)10-16)9-17(13-27)24(30)28-19-6-7-20(26)21(12-19)29(31)32/h2-12H,14H2,1H3,(H,28,30)/b17-9+. The zero-order valence-electron chi connectivity index (χ0n) is 17.7. The molecule has 0 saturated carbocycles. The quantitative estimate of drug-likeness (QED) is 0.175. The van der Waals surface area contributed by atoms with E-state index in [0.29, 0.717) is 22.1 Å². The van der Waals surface area contributed by atoms with Gasteiger partial charge in [0, 0.05) is 16.8 Å². The maximum Gasteiger partial charge on any atom is 0.289 e. The monoisotopic (exact) mass is 497 g/mol. The van der Waals surface area contributed by atoms with Crippen molar-refractivity contribution in [2.45, 2.75) is 6.61 Å². The molecule has 0 bridgehead atoms. The number of ether oxygens (including phenoxy) is 2. The Hall–Kier alpha value is -4.06. The number of halogens is 2. The average molecular weight is 498 g/mol. The molecule has 8 nitrogen and oxygen atoms in total. The molecule has 3 aromatic rings. The molecule has 0 aliphatic rings. The van der Waals surface area contributed by atoms with E-state index < -0.39 is 10.8 Å². The number of benzene rings is 3. The Labute approximate surface area is 205 Å². The maximum atomic E-state index is 12.6. The Balaban J connectivity index is 1.77. The van der Waals surface area contributed by atoms with E-state index >= 15 is 0 Å². The molecule has 0 radical (unpaired) electrons. The van der Waals surface area contributed by atoms with Gasteiger partial charge in [0.2, 0.25) is 0 Å². The molecule has 1 N–H and O–H groups in total. The van der Waals surface area contributed by atoms with E-state index in [4.69, 9.17) is 32.7 Å². The van der Waals surface area contributed by atoms with Crippen LogP contribution in [0.2, 0.25) is 10.0 Å². The lowest BCUT2D eigenvalue weighted by molar-refractivity contribution is -0.384. The molecule has 3 aromatic carbocycles. The first-order chi connectivity index (χ1) is 16.3. The van der Waals surface area contributed by atoms with Crippen LogP contribution in [0.15, 0.2) is 66.2 Å². The molecular formula is C24H17Cl2N3O5. The topological polar surface area (TPSA) is 114 Å². The van der Waals surface area contributed by atoms with Crippen molar-refractivity contribution in [1.82, 2.24) is 0 Å². The largest absolute Gasteiger partial charge is 0.493 e. The number of nitro benzene ring substituents is 1. The normalized spacial score (nSPS) is 10.8. The molecule has 3 rings (SSSR count). The number of rotatable bonds is 8. The minimum absolute atomic E-state index is 0.0659. The van der Waals surface area contributed by atoms with Gasteiger partial charge in [0.1, 0.15) is 23.3 Å². The molecular weight excluding hydrogens is 481 g/mol. The molecule has 0 aliphatic heterocycles. The summed E-state index contributed by atoms with van der Waals surface area (Å²) in [7, 11) is 1.47. The van der Waals surface area contributed by atoms with Crippen molar-refractivity contribution in [3.05, 3.63) is 97.5 Å². The summed E-state index contributed by atoms with van der Waals surface area (Å²) in [5.41, 5.74) is 0.946. The second-order valence-corrected chi connectivity index (χ2v) is 7.72. The first-order valence-electron chi connectivity index (χ1n) is 9.73. The number of nitrogens with one attached hydrogen (secondary N) is 1. The van der Waals surface area contributed by atoms with E-state index in [1.165, 1.54) is 25.3 Å². The van der Waals surface area contributed by atoms with Crippen LogP contribution in [-0.2, 0) is 11.4 Å². The minimum atomic E-state index is -0.737. The third-order valence-corrected chi connectivity index (χ3v) is 5.10. The van der Waals surface area contributed by atoms with Gasteiger partial charge >= 0.3 is 0 Å². The minimum Gasteiger partial charge on any atom is -0.493 e. The van der Waals surface area contributed by atoms with Crippen molar-refractivity contribution in [3.8, 4) is 17.6 Å². The summed E-state index contributed by atoms with van der Waals surface area (Å²) in [6, 6.07) is 17.8. The lowest BCUT2D eigenvalue weighted by atomic mass is 10.1. The third kappa shape index (κ3) is 6.25. The maximum absolute atomic E-state index is 12.6. The highest BCUT2D eigenvalue weighted by atomic mass is 35.5. The van der Waals surface area contributed by atoms with Crippen LogP contribution in [0.4, 0.5) is 11.4 Å². The van der Waals surface area contributed by atoms with Gasteiger partial charge in [-0.15, -0.1) is 0 Å². The molecule has 10 heteroatoms. The molecule has 0 aromatic heterocycles. The number of amides is 1. The fraction of sp³-hybridized carbons (Fsp3) is 0.0833. The fourth-order valence-corrected chi connectivity index (χ4v) is 3.32. The van der Waals surface area contributed by atoms with Crippen LogP contribution in [0.1, 0.15) is 11.1 Å². The number of nitrogens with zero attached hydrogens (tertiary/aromatic N) is 2. The van der Waals surface area contributed by atoms with Crippen LogP contribution in [0.25, 0.3) is 6.08 Å². The number of methoxy groups -OCH3 is 1. The molecule has 172 valence electrons. The highest BCUT2D eigenvalue weighted by molar-refractivity contribution is 6.32. The predicted octanol–water partition coefficient (Wildman–Crippen LogP) is 6.03. The first kappa shape index (κ1) is 24.6. The first-order valence-corrected chi connectivity index (χ1v) is 10.5. The van der Waals surface area contributed by atoms with Crippen molar-refractivity contribution in [1.29, 1.82) is 5.26 Å². The van der Waals surface area contributed by atoms with Gasteiger partial charge in [0.05, 0.1) is 12.0 Å². The van der Waals surface area contributed by atoms with Crippen LogP contribution in [0.5, 0.6) is 11.5 Å². The van der Waals surface area contributed by atoms with Crippen LogP contribution in [0.3, 0.4) is 0 Å². The zero-order valence-corrected chi connectivity index (χ0v) is 19.3. The molecule has 0 atom stereocenters. The van der Waals surface area contributed by atoms with Gasteiger partial charge in [-0.1, -0.05) is 41.4 Å². The van der Waals surface area contributed by atoms with Gasteiger partial charge in [-0.2, -0.15) is 5.26 Å². The van der Waals surface area contributed by atoms with Gasteiger partial charge in [0.15, 0.2) is 11.5 Å². The second-order valence-electron chi connectivity index (χ2n) is 6.88. The average Bonchev–Trinajstić information content (AvgIpc) is 2.82. The van der Waals surface area contributed by atoms with Gasteiger partial charge in [0.25, 0.3) is 11.6 Å². The smallest absolute Gasteiger partial charge is 0.289 e. The number of carbonyl (C=O) groups excluding carboxylic acids is 1. The Morgan fingerprint density at radius 1 is 1.15 bits per heavy atom. The van der Waals surface area contributed by atoms with Crippen molar-refractivity contribution >= 4 is 46.6 Å². The van der Waals surface area contributed by atoms with Crippen molar-refractivity contribution in [3.63, 3.8) is 0 Å². The summed E-state index contributed by atoms with van der Waals surface area (Å²) in [6.07, 6.45) is 1.36. The lowest BCUT2D eigenvalue weighted by Crippen LogP contribution is -2.13. The van der Waals surface area contributed by atoms with Crippen molar-refractivity contribution < 1.29 is 19.2 Å². The van der Waals surface area contributed by atoms with Gasteiger partial charge in [-0.25, -0.2) is 0 Å². The molecule has 0 unspecified atom stereocenters. The van der Waals surface area contributed by atoms with Crippen molar-refractivity contribution in [2.24, 2.45) is 0 Å². The fourth-order valence-electron chi connectivity index (χ4n) is 2.93. The van der Waals surface area contributed by atoms with E-state index in [2.05, 4.69) is 5.32 Å². The summed E-state index contributed by atoms with van der Waals surface area (Å²) in [4.78, 5) is 22.9. The third-order valence-electron chi connectivity index (χ3n) is 4.55. The van der Waals surface area contributed by atoms with E-state index in [1.807, 2.05) is 18.2 Å². The van der Waals surface area contributed by atoms with E-state index in [-0.39, 0.29) is 28.6 Å². The Bertz CT molecular complexity index is 1320. The second kappa shape index (κ2) is 11.2. The Morgan fingerprint density at radius 3 is 2.62 bits per heavy atom. The molecule has 0 saturated heterocycles. The molecule has 0 spiro atoms. The number of hydrogen-bond donors (Lipinski definition) is 1. The number of hydrogen-bond acceptors (Lipinski definition) is 6. The molecule has 1 amide bonds. The SMILES string of the molecule is COc1cc(/C=C(\C#N)C(=O)Nc2ccc(Cl)c([N+](=O)[O-])c2)ccc1OCc1cccc(Cl)c1. The summed E-state index contributed by atoms with van der Waals surface area (Å²) < 4.78 is 11.2. The number of anilines is 1. The summed E-state index contributed by atoms with van der Waals surface area (Å²) in [6.45, 7) is 0.269. The number of carbonyl (C=O) groups is 1. The van der Waals surface area contributed by atoms with E-state index in [9.17, 15) is 20.2 Å². The predicted molar refractivity (Wildman–Crippen MR) is 129 cm³/mol. The summed E-state index contributed by atoms with van der Waals surface area (Å²) in [5, 5.41) is 23.5. The van der Waals surface area contributed by atoms with Crippen LogP contribution < -0.4 is 14.8 Å². The lowest BCUT2D eigenvalue weighted by Gasteiger charge is -2.12. The number of nitriles is 1.